The van der Waals surface area contributed by atoms with Crippen molar-refractivity contribution in [2.24, 2.45) is 5.92 Å². The third kappa shape index (κ3) is 2.12. The normalized spacial score (nSPS) is 25.9. The molecule has 1 aliphatic carbocycles. The fourth-order valence-corrected chi connectivity index (χ4v) is 2.69. The van der Waals surface area contributed by atoms with E-state index in [0.29, 0.717) is 6.04 Å². The van der Waals surface area contributed by atoms with Gasteiger partial charge < -0.3 is 5.32 Å². The van der Waals surface area contributed by atoms with E-state index >= 15 is 0 Å². The monoisotopic (exact) mass is 220 g/mol. The van der Waals surface area contributed by atoms with Gasteiger partial charge in [0.1, 0.15) is 0 Å². The minimum atomic E-state index is 0.652. The molecule has 3 rings (SSSR count). The van der Waals surface area contributed by atoms with Crippen molar-refractivity contribution in [2.75, 3.05) is 6.54 Å². The highest BCUT2D eigenvalue weighted by Crippen LogP contribution is 2.28. The third-order valence-corrected chi connectivity index (χ3v) is 3.97. The molecule has 1 aromatic rings. The molecule has 2 aliphatic rings. The quantitative estimate of drug-likeness (QED) is 0.833. The van der Waals surface area contributed by atoms with Crippen LogP contribution in [0.5, 0.6) is 0 Å². The molecule has 0 bridgehead atoms. The molecule has 2 heterocycles. The predicted molar refractivity (Wildman–Crippen MR) is 62.1 cm³/mol. The molecule has 1 saturated heterocycles. The van der Waals surface area contributed by atoms with E-state index in [1.165, 1.54) is 44.3 Å². The molecular formula is C12H20N4. The van der Waals surface area contributed by atoms with Crippen LogP contribution in [0.2, 0.25) is 0 Å². The summed E-state index contributed by atoms with van der Waals surface area (Å²) in [5.74, 6) is 0.858. The molecule has 1 atom stereocenters. The second kappa shape index (κ2) is 4.53. The standard InChI is InChI=1S/C12H20N4/c1-3-10(4-1)9-16-12(8-14-15-16)7-11-5-2-6-13-11/h8,10-11,13H,1-7,9H2. The van der Waals surface area contributed by atoms with Crippen molar-refractivity contribution < 1.29 is 0 Å². The van der Waals surface area contributed by atoms with Gasteiger partial charge in [-0.3, -0.25) is 0 Å². The zero-order valence-electron chi connectivity index (χ0n) is 9.73. The maximum atomic E-state index is 4.22. The van der Waals surface area contributed by atoms with Gasteiger partial charge in [0.15, 0.2) is 0 Å². The lowest BCUT2D eigenvalue weighted by Crippen LogP contribution is -2.26. The van der Waals surface area contributed by atoms with Gasteiger partial charge in [0, 0.05) is 19.0 Å². The van der Waals surface area contributed by atoms with Crippen LogP contribution in [-0.4, -0.2) is 27.6 Å². The van der Waals surface area contributed by atoms with Crippen molar-refractivity contribution in [2.45, 2.75) is 51.1 Å². The van der Waals surface area contributed by atoms with Gasteiger partial charge in [0.25, 0.3) is 0 Å². The smallest absolute Gasteiger partial charge is 0.0725 e. The Morgan fingerprint density at radius 2 is 2.25 bits per heavy atom. The van der Waals surface area contributed by atoms with Crippen molar-refractivity contribution in [1.82, 2.24) is 20.3 Å². The van der Waals surface area contributed by atoms with E-state index in [1.807, 2.05) is 6.20 Å². The van der Waals surface area contributed by atoms with Crippen LogP contribution in [0.25, 0.3) is 0 Å². The zero-order chi connectivity index (χ0) is 10.8. The molecular weight excluding hydrogens is 200 g/mol. The Labute approximate surface area is 96.4 Å². The molecule has 4 nitrogen and oxygen atoms in total. The van der Waals surface area contributed by atoms with Gasteiger partial charge in [-0.05, 0) is 38.1 Å². The lowest BCUT2D eigenvalue weighted by atomic mass is 9.85. The number of aromatic nitrogens is 3. The Balaban J connectivity index is 1.61. The minimum Gasteiger partial charge on any atom is -0.314 e. The first-order valence-corrected chi connectivity index (χ1v) is 6.52. The molecule has 1 unspecified atom stereocenters. The Morgan fingerprint density at radius 3 is 2.94 bits per heavy atom. The van der Waals surface area contributed by atoms with Gasteiger partial charge in [0.2, 0.25) is 0 Å². The Morgan fingerprint density at radius 1 is 1.31 bits per heavy atom. The summed E-state index contributed by atoms with van der Waals surface area (Å²) in [7, 11) is 0. The molecule has 1 aromatic heterocycles. The van der Waals surface area contributed by atoms with E-state index in [2.05, 4.69) is 20.3 Å². The fraction of sp³-hybridized carbons (Fsp3) is 0.833. The zero-order valence-corrected chi connectivity index (χ0v) is 9.73. The number of hydrogen-bond donors (Lipinski definition) is 1. The number of nitrogens with one attached hydrogen (secondary N) is 1. The average molecular weight is 220 g/mol. The summed E-state index contributed by atoms with van der Waals surface area (Å²) in [6.07, 6.45) is 9.81. The van der Waals surface area contributed by atoms with E-state index in [1.54, 1.807) is 0 Å². The molecule has 0 aromatic carbocycles. The van der Waals surface area contributed by atoms with E-state index in [4.69, 9.17) is 0 Å². The summed E-state index contributed by atoms with van der Waals surface area (Å²) in [5.41, 5.74) is 1.31. The molecule has 0 radical (unpaired) electrons. The summed E-state index contributed by atoms with van der Waals surface area (Å²) in [6.45, 7) is 2.26. The Hall–Kier alpha value is -0.900. The van der Waals surface area contributed by atoms with Gasteiger partial charge in [0.05, 0.1) is 11.9 Å². The summed E-state index contributed by atoms with van der Waals surface area (Å²) in [6, 6.07) is 0.652. The van der Waals surface area contributed by atoms with Gasteiger partial charge in [-0.1, -0.05) is 11.6 Å². The van der Waals surface area contributed by atoms with Crippen LogP contribution >= 0.6 is 0 Å². The second-order valence-corrected chi connectivity index (χ2v) is 5.20. The predicted octanol–water partition coefficient (Wildman–Crippen LogP) is 1.37. The van der Waals surface area contributed by atoms with Crippen LogP contribution in [-0.2, 0) is 13.0 Å². The van der Waals surface area contributed by atoms with Crippen molar-refractivity contribution in [3.05, 3.63) is 11.9 Å². The summed E-state index contributed by atoms with van der Waals surface area (Å²) < 4.78 is 2.13. The largest absolute Gasteiger partial charge is 0.314 e. The van der Waals surface area contributed by atoms with Crippen LogP contribution < -0.4 is 5.32 Å². The molecule has 0 spiro atoms. The van der Waals surface area contributed by atoms with Gasteiger partial charge in [-0.2, -0.15) is 0 Å². The number of nitrogens with zero attached hydrogens (tertiary/aromatic N) is 3. The topological polar surface area (TPSA) is 42.7 Å². The maximum Gasteiger partial charge on any atom is 0.0725 e. The highest BCUT2D eigenvalue weighted by molar-refractivity contribution is 4.99. The molecule has 16 heavy (non-hydrogen) atoms. The average Bonchev–Trinajstić information content (AvgIpc) is 2.84. The molecule has 0 amide bonds. The molecule has 2 fully saturated rings. The highest BCUT2D eigenvalue weighted by atomic mass is 15.4. The first-order chi connectivity index (χ1) is 7.92. The van der Waals surface area contributed by atoms with E-state index < -0.39 is 0 Å². The first kappa shape index (κ1) is 10.3. The van der Waals surface area contributed by atoms with E-state index in [-0.39, 0.29) is 0 Å². The van der Waals surface area contributed by atoms with Crippen molar-refractivity contribution >= 4 is 0 Å². The molecule has 1 saturated carbocycles. The summed E-state index contributed by atoms with van der Waals surface area (Å²) in [4.78, 5) is 0. The fourth-order valence-electron chi connectivity index (χ4n) is 2.69. The van der Waals surface area contributed by atoms with Crippen LogP contribution in [0.4, 0.5) is 0 Å². The lowest BCUT2D eigenvalue weighted by molar-refractivity contribution is 0.260. The molecule has 1 aliphatic heterocycles. The van der Waals surface area contributed by atoms with Crippen molar-refractivity contribution in [1.29, 1.82) is 0 Å². The molecule has 4 heteroatoms. The highest BCUT2D eigenvalue weighted by Gasteiger charge is 2.21. The van der Waals surface area contributed by atoms with Crippen molar-refractivity contribution in [3.8, 4) is 0 Å². The van der Waals surface area contributed by atoms with Crippen LogP contribution in [0.1, 0.15) is 37.8 Å². The van der Waals surface area contributed by atoms with Crippen LogP contribution in [0.15, 0.2) is 6.20 Å². The first-order valence-electron chi connectivity index (χ1n) is 6.52. The lowest BCUT2D eigenvalue weighted by Gasteiger charge is -2.25. The maximum absolute atomic E-state index is 4.22. The van der Waals surface area contributed by atoms with Gasteiger partial charge in [-0.25, -0.2) is 4.68 Å². The number of rotatable bonds is 4. The van der Waals surface area contributed by atoms with Crippen LogP contribution in [0, 0.1) is 5.92 Å². The van der Waals surface area contributed by atoms with E-state index in [0.717, 1.165) is 18.9 Å². The second-order valence-electron chi connectivity index (χ2n) is 5.20. The van der Waals surface area contributed by atoms with Crippen LogP contribution in [0.3, 0.4) is 0 Å². The van der Waals surface area contributed by atoms with Gasteiger partial charge >= 0.3 is 0 Å². The SMILES string of the molecule is c1nnn(CC2CCC2)c1CC1CCCN1. The Bertz CT molecular complexity index is 337. The summed E-state index contributed by atoms with van der Waals surface area (Å²) in [5, 5.41) is 11.8. The number of hydrogen-bond acceptors (Lipinski definition) is 3. The van der Waals surface area contributed by atoms with Gasteiger partial charge in [-0.15, -0.1) is 5.10 Å². The summed E-state index contributed by atoms with van der Waals surface area (Å²) >= 11 is 0. The molecule has 1 N–H and O–H groups in total. The third-order valence-electron chi connectivity index (χ3n) is 3.97. The van der Waals surface area contributed by atoms with E-state index in [9.17, 15) is 0 Å². The Kier molecular flexibility index (Phi) is 2.91. The van der Waals surface area contributed by atoms with Crippen molar-refractivity contribution in [3.63, 3.8) is 0 Å². The minimum absolute atomic E-state index is 0.652. The molecule has 88 valence electrons.